The number of nitrogens with one attached hydrogen (secondary N) is 1. The van der Waals surface area contributed by atoms with E-state index >= 15 is 0 Å². The number of aryl methyl sites for hydroxylation is 1. The molecular formula is C21H26N2O2. The van der Waals surface area contributed by atoms with Crippen molar-refractivity contribution in [2.45, 2.75) is 32.4 Å². The highest BCUT2D eigenvalue weighted by molar-refractivity contribution is 5.77. The second kappa shape index (κ2) is 8.67. The number of benzene rings is 2. The summed E-state index contributed by atoms with van der Waals surface area (Å²) in [6, 6.07) is 18.6. The molecule has 1 aliphatic rings. The topological polar surface area (TPSA) is 41.6 Å². The van der Waals surface area contributed by atoms with Gasteiger partial charge in [-0.3, -0.25) is 9.69 Å². The van der Waals surface area contributed by atoms with Crippen LogP contribution < -0.4 is 10.1 Å². The van der Waals surface area contributed by atoms with Gasteiger partial charge >= 0.3 is 0 Å². The van der Waals surface area contributed by atoms with Crippen LogP contribution >= 0.6 is 0 Å². The summed E-state index contributed by atoms with van der Waals surface area (Å²) in [6.07, 6.45) is 1.95. The van der Waals surface area contributed by atoms with E-state index in [0.717, 1.165) is 38.2 Å². The van der Waals surface area contributed by atoms with Crippen molar-refractivity contribution in [2.24, 2.45) is 0 Å². The molecule has 0 spiro atoms. The van der Waals surface area contributed by atoms with Gasteiger partial charge in [0.25, 0.3) is 5.91 Å². The minimum Gasteiger partial charge on any atom is -0.484 e. The highest BCUT2D eigenvalue weighted by Crippen LogP contribution is 2.15. The van der Waals surface area contributed by atoms with E-state index < -0.39 is 0 Å². The molecule has 1 fully saturated rings. The van der Waals surface area contributed by atoms with Crippen LogP contribution in [0.3, 0.4) is 0 Å². The van der Waals surface area contributed by atoms with Gasteiger partial charge in [-0.15, -0.1) is 0 Å². The fraction of sp³-hybridized carbons (Fsp3) is 0.381. The van der Waals surface area contributed by atoms with Crippen LogP contribution in [0.5, 0.6) is 5.75 Å². The van der Waals surface area contributed by atoms with Gasteiger partial charge in [-0.1, -0.05) is 49.4 Å². The SMILES string of the molecule is CCc1cccc(OCC(=O)NC2CCN(Cc3ccccc3)C2)c1. The summed E-state index contributed by atoms with van der Waals surface area (Å²) in [4.78, 5) is 14.5. The van der Waals surface area contributed by atoms with Crippen molar-refractivity contribution in [1.82, 2.24) is 10.2 Å². The molecule has 132 valence electrons. The third kappa shape index (κ3) is 5.33. The van der Waals surface area contributed by atoms with Crippen molar-refractivity contribution in [1.29, 1.82) is 0 Å². The molecule has 0 aliphatic carbocycles. The Balaban J connectivity index is 1.41. The maximum atomic E-state index is 12.1. The molecule has 2 aromatic carbocycles. The van der Waals surface area contributed by atoms with Crippen molar-refractivity contribution in [3.63, 3.8) is 0 Å². The van der Waals surface area contributed by atoms with Crippen LogP contribution in [0.1, 0.15) is 24.5 Å². The summed E-state index contributed by atoms with van der Waals surface area (Å²) in [5, 5.41) is 3.09. The van der Waals surface area contributed by atoms with Gasteiger partial charge in [0.1, 0.15) is 5.75 Å². The number of likely N-dealkylation sites (tertiary alicyclic amines) is 1. The predicted molar refractivity (Wildman–Crippen MR) is 99.6 cm³/mol. The highest BCUT2D eigenvalue weighted by atomic mass is 16.5. The normalized spacial score (nSPS) is 17.4. The predicted octanol–water partition coefficient (Wildman–Crippen LogP) is 3.02. The zero-order valence-electron chi connectivity index (χ0n) is 14.8. The van der Waals surface area contributed by atoms with Gasteiger partial charge in [-0.2, -0.15) is 0 Å². The van der Waals surface area contributed by atoms with Crippen molar-refractivity contribution < 1.29 is 9.53 Å². The minimum absolute atomic E-state index is 0.0477. The van der Waals surface area contributed by atoms with Crippen molar-refractivity contribution in [2.75, 3.05) is 19.7 Å². The van der Waals surface area contributed by atoms with Crippen LogP contribution in [0, 0.1) is 0 Å². The van der Waals surface area contributed by atoms with Gasteiger partial charge < -0.3 is 10.1 Å². The number of hydrogen-bond donors (Lipinski definition) is 1. The molecule has 1 atom stereocenters. The Morgan fingerprint density at radius 1 is 1.16 bits per heavy atom. The van der Waals surface area contributed by atoms with E-state index in [0.29, 0.717) is 0 Å². The van der Waals surface area contributed by atoms with E-state index in [-0.39, 0.29) is 18.6 Å². The number of carbonyl (C=O) groups excluding carboxylic acids is 1. The number of hydrogen-bond acceptors (Lipinski definition) is 3. The zero-order valence-corrected chi connectivity index (χ0v) is 14.8. The molecule has 1 amide bonds. The fourth-order valence-corrected chi connectivity index (χ4v) is 3.21. The van der Waals surface area contributed by atoms with Crippen LogP contribution in [0.2, 0.25) is 0 Å². The summed E-state index contributed by atoms with van der Waals surface area (Å²) in [6.45, 7) is 5.02. The molecule has 1 unspecified atom stereocenters. The van der Waals surface area contributed by atoms with E-state index in [1.54, 1.807) is 0 Å². The quantitative estimate of drug-likeness (QED) is 0.844. The summed E-state index contributed by atoms with van der Waals surface area (Å²) in [5.41, 5.74) is 2.53. The summed E-state index contributed by atoms with van der Waals surface area (Å²) < 4.78 is 5.62. The first-order chi connectivity index (χ1) is 12.2. The highest BCUT2D eigenvalue weighted by Gasteiger charge is 2.23. The average Bonchev–Trinajstić information content (AvgIpc) is 3.08. The van der Waals surface area contributed by atoms with Gasteiger partial charge in [-0.05, 0) is 36.1 Å². The average molecular weight is 338 g/mol. The summed E-state index contributed by atoms with van der Waals surface area (Å²) in [7, 11) is 0. The molecule has 2 aromatic rings. The van der Waals surface area contributed by atoms with Gasteiger partial charge in [0.2, 0.25) is 0 Å². The number of ether oxygens (including phenoxy) is 1. The van der Waals surface area contributed by atoms with Crippen molar-refractivity contribution >= 4 is 5.91 Å². The van der Waals surface area contributed by atoms with Gasteiger partial charge in [0, 0.05) is 25.7 Å². The van der Waals surface area contributed by atoms with E-state index in [4.69, 9.17) is 4.74 Å². The van der Waals surface area contributed by atoms with Crippen LogP contribution in [0.4, 0.5) is 0 Å². The van der Waals surface area contributed by atoms with Gasteiger partial charge in [-0.25, -0.2) is 0 Å². The maximum Gasteiger partial charge on any atom is 0.258 e. The number of rotatable bonds is 7. The van der Waals surface area contributed by atoms with E-state index in [9.17, 15) is 4.79 Å². The third-order valence-electron chi connectivity index (χ3n) is 4.56. The Kier molecular flexibility index (Phi) is 6.07. The molecule has 0 bridgehead atoms. The Hall–Kier alpha value is -2.33. The van der Waals surface area contributed by atoms with Crippen molar-refractivity contribution in [3.8, 4) is 5.75 Å². The largest absolute Gasteiger partial charge is 0.484 e. The number of carbonyl (C=O) groups is 1. The van der Waals surface area contributed by atoms with Crippen molar-refractivity contribution in [3.05, 3.63) is 65.7 Å². The standard InChI is InChI=1S/C21H26N2O2/c1-2-17-9-6-10-20(13-17)25-16-21(24)22-19-11-12-23(15-19)14-18-7-4-3-5-8-18/h3-10,13,19H,2,11-12,14-16H2,1H3,(H,22,24). The lowest BCUT2D eigenvalue weighted by Crippen LogP contribution is -2.39. The molecule has 3 rings (SSSR count). The molecular weight excluding hydrogens is 312 g/mol. The first-order valence-corrected chi connectivity index (χ1v) is 9.00. The van der Waals surface area contributed by atoms with E-state index in [1.165, 1.54) is 11.1 Å². The minimum atomic E-state index is -0.0477. The second-order valence-electron chi connectivity index (χ2n) is 6.56. The zero-order chi connectivity index (χ0) is 17.5. The van der Waals surface area contributed by atoms with Gasteiger partial charge in [0.05, 0.1) is 0 Å². The first-order valence-electron chi connectivity index (χ1n) is 9.00. The lowest BCUT2D eigenvalue weighted by Gasteiger charge is -2.17. The van der Waals surface area contributed by atoms with Crippen LogP contribution in [-0.4, -0.2) is 36.5 Å². The lowest BCUT2D eigenvalue weighted by atomic mass is 10.2. The summed E-state index contributed by atoms with van der Waals surface area (Å²) in [5.74, 6) is 0.708. The second-order valence-corrected chi connectivity index (χ2v) is 6.56. The molecule has 4 nitrogen and oxygen atoms in total. The maximum absolute atomic E-state index is 12.1. The summed E-state index contributed by atoms with van der Waals surface area (Å²) >= 11 is 0. The van der Waals surface area contributed by atoms with Crippen LogP contribution in [-0.2, 0) is 17.8 Å². The molecule has 1 N–H and O–H groups in total. The Morgan fingerprint density at radius 3 is 2.76 bits per heavy atom. The monoisotopic (exact) mass is 338 g/mol. The number of amides is 1. The van der Waals surface area contributed by atoms with Crippen LogP contribution in [0.25, 0.3) is 0 Å². The van der Waals surface area contributed by atoms with Crippen LogP contribution in [0.15, 0.2) is 54.6 Å². The fourth-order valence-electron chi connectivity index (χ4n) is 3.21. The molecule has 0 saturated carbocycles. The first kappa shape index (κ1) is 17.5. The lowest BCUT2D eigenvalue weighted by molar-refractivity contribution is -0.123. The molecule has 0 aromatic heterocycles. The molecule has 1 heterocycles. The third-order valence-corrected chi connectivity index (χ3v) is 4.56. The smallest absolute Gasteiger partial charge is 0.258 e. The Morgan fingerprint density at radius 2 is 1.96 bits per heavy atom. The molecule has 4 heteroatoms. The molecule has 25 heavy (non-hydrogen) atoms. The Bertz CT molecular complexity index is 687. The molecule has 1 aliphatic heterocycles. The molecule has 0 radical (unpaired) electrons. The molecule has 1 saturated heterocycles. The van der Waals surface area contributed by atoms with Gasteiger partial charge in [0.15, 0.2) is 6.61 Å². The number of nitrogens with zero attached hydrogens (tertiary/aromatic N) is 1. The van der Waals surface area contributed by atoms with E-state index in [1.807, 2.05) is 24.3 Å². The van der Waals surface area contributed by atoms with E-state index in [2.05, 4.69) is 47.5 Å². The Labute approximate surface area is 149 Å².